The summed E-state index contributed by atoms with van der Waals surface area (Å²) in [7, 11) is 1.59. The standard InChI is InChI=1S/C23H29ClN2O4/c1-5-21(23(28)25-6-2)26(14-17-8-7-9-18(13-17)29-4)22(27)15-30-19-10-11-20(24)16(3)12-19/h7-13,21H,5-6,14-15H2,1-4H3,(H,25,28)/t21-/m0/s1. The van der Waals surface area contributed by atoms with Gasteiger partial charge in [-0.25, -0.2) is 0 Å². The van der Waals surface area contributed by atoms with Gasteiger partial charge in [0.25, 0.3) is 5.91 Å². The second kappa shape index (κ2) is 11.5. The Hall–Kier alpha value is -2.73. The lowest BCUT2D eigenvalue weighted by Gasteiger charge is -2.30. The van der Waals surface area contributed by atoms with E-state index in [1.54, 1.807) is 30.2 Å². The summed E-state index contributed by atoms with van der Waals surface area (Å²) < 4.78 is 11.0. The number of hydrogen-bond acceptors (Lipinski definition) is 4. The fourth-order valence-corrected chi connectivity index (χ4v) is 3.23. The molecule has 1 N–H and O–H groups in total. The Morgan fingerprint density at radius 3 is 2.53 bits per heavy atom. The van der Waals surface area contributed by atoms with Crippen LogP contribution < -0.4 is 14.8 Å². The number of rotatable bonds is 10. The third kappa shape index (κ3) is 6.39. The first-order valence-corrected chi connectivity index (χ1v) is 10.4. The third-order valence-corrected chi connectivity index (χ3v) is 5.14. The van der Waals surface area contributed by atoms with Crippen LogP contribution >= 0.6 is 11.6 Å². The summed E-state index contributed by atoms with van der Waals surface area (Å²) in [4.78, 5) is 27.3. The first-order valence-electron chi connectivity index (χ1n) is 9.98. The summed E-state index contributed by atoms with van der Waals surface area (Å²) in [5, 5.41) is 3.45. The molecule has 30 heavy (non-hydrogen) atoms. The molecule has 0 unspecified atom stereocenters. The molecule has 1 atom stereocenters. The predicted octanol–water partition coefficient (Wildman–Crippen LogP) is 3.98. The van der Waals surface area contributed by atoms with Gasteiger partial charge < -0.3 is 19.7 Å². The van der Waals surface area contributed by atoms with Crippen LogP contribution in [0.1, 0.15) is 31.4 Å². The minimum Gasteiger partial charge on any atom is -0.497 e. The Bertz CT molecular complexity index is 872. The van der Waals surface area contributed by atoms with Crippen molar-refractivity contribution in [3.05, 3.63) is 58.6 Å². The number of benzene rings is 2. The van der Waals surface area contributed by atoms with E-state index in [9.17, 15) is 9.59 Å². The first kappa shape index (κ1) is 23.5. The number of amides is 2. The van der Waals surface area contributed by atoms with E-state index in [1.807, 2.05) is 45.0 Å². The van der Waals surface area contributed by atoms with Gasteiger partial charge in [0.05, 0.1) is 7.11 Å². The van der Waals surface area contributed by atoms with Crippen LogP contribution in [0.4, 0.5) is 0 Å². The van der Waals surface area contributed by atoms with Gasteiger partial charge >= 0.3 is 0 Å². The summed E-state index contributed by atoms with van der Waals surface area (Å²) in [5.41, 5.74) is 1.73. The number of ether oxygens (including phenoxy) is 2. The van der Waals surface area contributed by atoms with Gasteiger partial charge in [0.2, 0.25) is 5.91 Å². The van der Waals surface area contributed by atoms with Crippen molar-refractivity contribution in [3.8, 4) is 11.5 Å². The molecule has 0 bridgehead atoms. The van der Waals surface area contributed by atoms with Crippen molar-refractivity contribution < 1.29 is 19.1 Å². The molecule has 0 spiro atoms. The van der Waals surface area contributed by atoms with Gasteiger partial charge in [-0.2, -0.15) is 0 Å². The monoisotopic (exact) mass is 432 g/mol. The number of methoxy groups -OCH3 is 1. The summed E-state index contributed by atoms with van der Waals surface area (Å²) in [6.07, 6.45) is 0.488. The van der Waals surface area contributed by atoms with Crippen LogP contribution in [-0.2, 0) is 16.1 Å². The average molecular weight is 433 g/mol. The molecule has 0 radical (unpaired) electrons. The normalized spacial score (nSPS) is 11.5. The van der Waals surface area contributed by atoms with Gasteiger partial charge in [0.15, 0.2) is 6.61 Å². The lowest BCUT2D eigenvalue weighted by molar-refractivity contribution is -0.142. The predicted molar refractivity (Wildman–Crippen MR) is 118 cm³/mol. The maximum absolute atomic E-state index is 13.1. The molecule has 0 saturated heterocycles. The molecular formula is C23H29ClN2O4. The van der Waals surface area contributed by atoms with E-state index in [1.165, 1.54) is 0 Å². The topological polar surface area (TPSA) is 67.9 Å². The Balaban J connectivity index is 2.22. The molecule has 0 aliphatic carbocycles. The van der Waals surface area contributed by atoms with E-state index in [-0.39, 0.29) is 25.0 Å². The number of halogens is 1. The highest BCUT2D eigenvalue weighted by atomic mass is 35.5. The van der Waals surface area contributed by atoms with E-state index >= 15 is 0 Å². The van der Waals surface area contributed by atoms with Gasteiger partial charge in [-0.3, -0.25) is 9.59 Å². The van der Waals surface area contributed by atoms with Gasteiger partial charge in [0.1, 0.15) is 17.5 Å². The van der Waals surface area contributed by atoms with Crippen molar-refractivity contribution in [2.75, 3.05) is 20.3 Å². The smallest absolute Gasteiger partial charge is 0.261 e. The number of nitrogens with zero attached hydrogens (tertiary/aromatic N) is 1. The largest absolute Gasteiger partial charge is 0.497 e. The van der Waals surface area contributed by atoms with E-state index < -0.39 is 6.04 Å². The maximum Gasteiger partial charge on any atom is 0.261 e. The number of aryl methyl sites for hydroxylation is 1. The second-order valence-corrected chi connectivity index (χ2v) is 7.30. The Labute approximate surface area is 183 Å². The van der Waals surface area contributed by atoms with Gasteiger partial charge in [-0.05, 0) is 61.7 Å². The van der Waals surface area contributed by atoms with E-state index in [2.05, 4.69) is 5.32 Å². The van der Waals surface area contributed by atoms with Crippen LogP contribution in [0, 0.1) is 6.92 Å². The van der Waals surface area contributed by atoms with Crippen molar-refractivity contribution in [2.24, 2.45) is 0 Å². The molecule has 7 heteroatoms. The number of nitrogens with one attached hydrogen (secondary N) is 1. The molecule has 0 aliphatic heterocycles. The molecule has 0 heterocycles. The first-order chi connectivity index (χ1) is 14.4. The van der Waals surface area contributed by atoms with Crippen molar-refractivity contribution in [1.82, 2.24) is 10.2 Å². The van der Waals surface area contributed by atoms with E-state index in [0.29, 0.717) is 29.5 Å². The summed E-state index contributed by atoms with van der Waals surface area (Å²) in [5.74, 6) is 0.790. The number of hydrogen-bond donors (Lipinski definition) is 1. The zero-order valence-electron chi connectivity index (χ0n) is 17.9. The van der Waals surface area contributed by atoms with Crippen LogP contribution in [0.15, 0.2) is 42.5 Å². The van der Waals surface area contributed by atoms with Gasteiger partial charge in [-0.15, -0.1) is 0 Å². The minimum atomic E-state index is -0.598. The van der Waals surface area contributed by atoms with Crippen LogP contribution in [-0.4, -0.2) is 43.0 Å². The maximum atomic E-state index is 13.1. The van der Waals surface area contributed by atoms with Crippen molar-refractivity contribution in [3.63, 3.8) is 0 Å². The number of likely N-dealkylation sites (N-methyl/N-ethyl adjacent to an activating group) is 1. The molecule has 162 valence electrons. The highest BCUT2D eigenvalue weighted by molar-refractivity contribution is 6.31. The van der Waals surface area contributed by atoms with Crippen LogP contribution in [0.25, 0.3) is 0 Å². The van der Waals surface area contributed by atoms with E-state index in [4.69, 9.17) is 21.1 Å². The van der Waals surface area contributed by atoms with Crippen LogP contribution in [0.3, 0.4) is 0 Å². The Morgan fingerprint density at radius 1 is 1.13 bits per heavy atom. The molecule has 0 aromatic heterocycles. The summed E-state index contributed by atoms with van der Waals surface area (Å²) in [6.45, 7) is 6.20. The highest BCUT2D eigenvalue weighted by Crippen LogP contribution is 2.22. The van der Waals surface area contributed by atoms with Crippen molar-refractivity contribution in [2.45, 2.75) is 39.8 Å². The highest BCUT2D eigenvalue weighted by Gasteiger charge is 2.28. The van der Waals surface area contributed by atoms with E-state index in [0.717, 1.165) is 11.1 Å². The summed E-state index contributed by atoms with van der Waals surface area (Å²) >= 11 is 6.05. The average Bonchev–Trinajstić information content (AvgIpc) is 2.74. The molecule has 0 saturated carbocycles. The zero-order valence-corrected chi connectivity index (χ0v) is 18.7. The quantitative estimate of drug-likeness (QED) is 0.616. The lowest BCUT2D eigenvalue weighted by atomic mass is 10.1. The molecule has 0 aliphatic rings. The Morgan fingerprint density at radius 2 is 1.90 bits per heavy atom. The lowest BCUT2D eigenvalue weighted by Crippen LogP contribution is -2.50. The van der Waals surface area contributed by atoms with Crippen LogP contribution in [0.5, 0.6) is 11.5 Å². The Kier molecular flexibility index (Phi) is 8.99. The molecule has 6 nitrogen and oxygen atoms in total. The fraction of sp³-hybridized carbons (Fsp3) is 0.391. The summed E-state index contributed by atoms with van der Waals surface area (Å²) in [6, 6.07) is 12.1. The molecule has 0 fully saturated rings. The second-order valence-electron chi connectivity index (χ2n) is 6.89. The number of carbonyl (C=O) groups is 2. The number of carbonyl (C=O) groups excluding carboxylic acids is 2. The third-order valence-electron chi connectivity index (χ3n) is 4.72. The van der Waals surface area contributed by atoms with Gasteiger partial charge in [-0.1, -0.05) is 30.7 Å². The van der Waals surface area contributed by atoms with Gasteiger partial charge in [0, 0.05) is 18.1 Å². The zero-order chi connectivity index (χ0) is 22.1. The molecular weight excluding hydrogens is 404 g/mol. The molecule has 2 aromatic carbocycles. The van der Waals surface area contributed by atoms with Crippen LogP contribution in [0.2, 0.25) is 5.02 Å². The van der Waals surface area contributed by atoms with Crippen molar-refractivity contribution in [1.29, 1.82) is 0 Å². The molecule has 2 rings (SSSR count). The SMILES string of the molecule is CCNC(=O)[C@H](CC)N(Cc1cccc(OC)c1)C(=O)COc1ccc(Cl)c(C)c1. The minimum absolute atomic E-state index is 0.180. The fourth-order valence-electron chi connectivity index (χ4n) is 3.11. The molecule has 2 amide bonds. The van der Waals surface area contributed by atoms with Crippen molar-refractivity contribution >= 4 is 23.4 Å². The molecule has 2 aromatic rings.